The topological polar surface area (TPSA) is 35.5 Å². The molecule has 0 heterocycles. The zero-order valence-electron chi connectivity index (χ0n) is 11.7. The van der Waals surface area contributed by atoms with Crippen molar-refractivity contribution >= 4 is 17.4 Å². The highest BCUT2D eigenvalue weighted by Crippen LogP contribution is 2.27. The van der Waals surface area contributed by atoms with Crippen LogP contribution < -0.4 is 9.47 Å². The number of halogens is 1. The maximum absolute atomic E-state index is 12.1. The molecule has 4 heteroatoms. The van der Waals surface area contributed by atoms with E-state index in [0.29, 0.717) is 30.3 Å². The third-order valence-electron chi connectivity index (χ3n) is 2.51. The molecule has 19 heavy (non-hydrogen) atoms. The quantitative estimate of drug-likeness (QED) is 0.533. The van der Waals surface area contributed by atoms with Gasteiger partial charge in [0, 0.05) is 0 Å². The molecular formula is C15H21ClO3. The summed E-state index contributed by atoms with van der Waals surface area (Å²) in [4.78, 5) is 12.1. The van der Waals surface area contributed by atoms with E-state index in [2.05, 4.69) is 0 Å². The van der Waals surface area contributed by atoms with E-state index in [1.54, 1.807) is 19.1 Å². The van der Waals surface area contributed by atoms with E-state index >= 15 is 0 Å². The van der Waals surface area contributed by atoms with Crippen LogP contribution in [0.2, 0.25) is 0 Å². The third-order valence-corrected chi connectivity index (χ3v) is 2.71. The van der Waals surface area contributed by atoms with E-state index in [-0.39, 0.29) is 5.78 Å². The van der Waals surface area contributed by atoms with E-state index in [1.165, 1.54) is 0 Å². The molecular weight excluding hydrogens is 264 g/mol. The standard InChI is InChI=1S/C15H21ClO3/c1-4-8-18-12-6-7-14(19-9-5-2)13(10-12)15(17)11(3)16/h6-7,10-11H,4-5,8-9H2,1-3H3. The molecule has 0 aliphatic heterocycles. The van der Waals surface area contributed by atoms with E-state index in [1.807, 2.05) is 19.9 Å². The number of ketones is 1. The lowest BCUT2D eigenvalue weighted by molar-refractivity contribution is 0.0987. The van der Waals surface area contributed by atoms with E-state index in [9.17, 15) is 4.79 Å². The van der Waals surface area contributed by atoms with Crippen molar-refractivity contribution in [1.82, 2.24) is 0 Å². The van der Waals surface area contributed by atoms with Crippen LogP contribution in [0.1, 0.15) is 44.0 Å². The molecule has 1 unspecified atom stereocenters. The van der Waals surface area contributed by atoms with Gasteiger partial charge in [0.05, 0.1) is 24.2 Å². The number of ether oxygens (including phenoxy) is 2. The first-order chi connectivity index (χ1) is 9.10. The van der Waals surface area contributed by atoms with Gasteiger partial charge in [0.15, 0.2) is 5.78 Å². The van der Waals surface area contributed by atoms with Gasteiger partial charge in [-0.1, -0.05) is 13.8 Å². The average Bonchev–Trinajstić information content (AvgIpc) is 2.42. The summed E-state index contributed by atoms with van der Waals surface area (Å²) < 4.78 is 11.1. The van der Waals surface area contributed by atoms with Crippen molar-refractivity contribution in [3.63, 3.8) is 0 Å². The molecule has 3 nitrogen and oxygen atoms in total. The molecule has 1 aromatic carbocycles. The highest BCUT2D eigenvalue weighted by molar-refractivity contribution is 6.34. The fraction of sp³-hybridized carbons (Fsp3) is 0.533. The van der Waals surface area contributed by atoms with Gasteiger partial charge in [0.1, 0.15) is 11.5 Å². The predicted octanol–water partition coefficient (Wildman–Crippen LogP) is 4.07. The molecule has 0 fully saturated rings. The first kappa shape index (κ1) is 15.8. The molecule has 0 aliphatic carbocycles. The Bertz CT molecular complexity index is 416. The van der Waals surface area contributed by atoms with E-state index in [0.717, 1.165) is 12.8 Å². The largest absolute Gasteiger partial charge is 0.494 e. The number of alkyl halides is 1. The van der Waals surface area contributed by atoms with Crippen LogP contribution >= 0.6 is 11.6 Å². The molecule has 0 amide bonds. The van der Waals surface area contributed by atoms with Crippen LogP contribution in [0.15, 0.2) is 18.2 Å². The van der Waals surface area contributed by atoms with Crippen molar-refractivity contribution in [2.75, 3.05) is 13.2 Å². The Labute approximate surface area is 119 Å². The van der Waals surface area contributed by atoms with Crippen LogP contribution in [-0.2, 0) is 0 Å². The van der Waals surface area contributed by atoms with Crippen LogP contribution in [0.4, 0.5) is 0 Å². The lowest BCUT2D eigenvalue weighted by Crippen LogP contribution is -2.13. The summed E-state index contributed by atoms with van der Waals surface area (Å²) >= 11 is 5.88. The lowest BCUT2D eigenvalue weighted by atomic mass is 10.1. The molecule has 0 saturated carbocycles. The zero-order chi connectivity index (χ0) is 14.3. The fourth-order valence-electron chi connectivity index (χ4n) is 1.56. The molecule has 1 atom stereocenters. The summed E-state index contributed by atoms with van der Waals surface area (Å²) in [5.74, 6) is 1.10. The maximum Gasteiger partial charge on any atom is 0.184 e. The van der Waals surface area contributed by atoms with Crippen molar-refractivity contribution in [1.29, 1.82) is 0 Å². The molecule has 0 saturated heterocycles. The maximum atomic E-state index is 12.1. The SMILES string of the molecule is CCCOc1ccc(OCCC)c(C(=O)C(C)Cl)c1. The summed E-state index contributed by atoms with van der Waals surface area (Å²) in [6.07, 6.45) is 1.81. The van der Waals surface area contributed by atoms with Gasteiger partial charge in [-0.2, -0.15) is 0 Å². The smallest absolute Gasteiger partial charge is 0.184 e. The van der Waals surface area contributed by atoms with Crippen LogP contribution in [0, 0.1) is 0 Å². The van der Waals surface area contributed by atoms with Gasteiger partial charge < -0.3 is 9.47 Å². The molecule has 0 spiro atoms. The van der Waals surface area contributed by atoms with Crippen molar-refractivity contribution in [3.05, 3.63) is 23.8 Å². The number of benzene rings is 1. The molecule has 0 bridgehead atoms. The van der Waals surface area contributed by atoms with Crippen LogP contribution in [0.3, 0.4) is 0 Å². The summed E-state index contributed by atoms with van der Waals surface area (Å²) in [6, 6.07) is 5.30. The molecule has 0 N–H and O–H groups in total. The Hall–Kier alpha value is -1.22. The van der Waals surface area contributed by atoms with Gasteiger partial charge in [0.2, 0.25) is 0 Å². The average molecular weight is 285 g/mol. The Balaban J connectivity index is 2.99. The first-order valence-corrected chi connectivity index (χ1v) is 7.11. The minimum absolute atomic E-state index is 0.144. The molecule has 106 valence electrons. The second-order valence-corrected chi connectivity index (χ2v) is 4.99. The molecule has 0 aliphatic rings. The normalized spacial score (nSPS) is 12.0. The number of hydrogen-bond donors (Lipinski definition) is 0. The summed E-state index contributed by atoms with van der Waals surface area (Å²) in [5.41, 5.74) is 0.490. The monoisotopic (exact) mass is 284 g/mol. The number of carbonyl (C=O) groups is 1. The van der Waals surface area contributed by atoms with Crippen molar-refractivity contribution in [2.24, 2.45) is 0 Å². The zero-order valence-corrected chi connectivity index (χ0v) is 12.5. The van der Waals surface area contributed by atoms with Crippen molar-refractivity contribution in [2.45, 2.75) is 39.0 Å². The van der Waals surface area contributed by atoms with Gasteiger partial charge in [0.25, 0.3) is 0 Å². The summed E-state index contributed by atoms with van der Waals surface area (Å²) in [6.45, 7) is 6.91. The Morgan fingerprint density at radius 1 is 1.21 bits per heavy atom. The van der Waals surface area contributed by atoms with Crippen LogP contribution in [-0.4, -0.2) is 24.4 Å². The minimum atomic E-state index is -0.578. The summed E-state index contributed by atoms with van der Waals surface area (Å²) in [5, 5.41) is -0.578. The number of rotatable bonds is 8. The van der Waals surface area contributed by atoms with Crippen molar-refractivity contribution < 1.29 is 14.3 Å². The van der Waals surface area contributed by atoms with E-state index < -0.39 is 5.38 Å². The Kier molecular flexibility index (Phi) is 6.71. The highest BCUT2D eigenvalue weighted by Gasteiger charge is 2.18. The van der Waals surface area contributed by atoms with Crippen LogP contribution in [0.5, 0.6) is 11.5 Å². The van der Waals surface area contributed by atoms with Gasteiger partial charge in [-0.3, -0.25) is 4.79 Å². The van der Waals surface area contributed by atoms with E-state index in [4.69, 9.17) is 21.1 Å². The summed E-state index contributed by atoms with van der Waals surface area (Å²) in [7, 11) is 0. The second-order valence-electron chi connectivity index (χ2n) is 4.34. The van der Waals surface area contributed by atoms with Gasteiger partial charge >= 0.3 is 0 Å². The van der Waals surface area contributed by atoms with Crippen molar-refractivity contribution in [3.8, 4) is 11.5 Å². The van der Waals surface area contributed by atoms with Gasteiger partial charge in [-0.25, -0.2) is 0 Å². The second kappa shape index (κ2) is 8.05. The van der Waals surface area contributed by atoms with Gasteiger partial charge in [-0.05, 0) is 38.0 Å². The fourth-order valence-corrected chi connectivity index (χ4v) is 1.68. The lowest BCUT2D eigenvalue weighted by Gasteiger charge is -2.13. The Morgan fingerprint density at radius 3 is 2.42 bits per heavy atom. The molecule has 1 aromatic rings. The number of hydrogen-bond acceptors (Lipinski definition) is 3. The number of carbonyl (C=O) groups excluding carboxylic acids is 1. The molecule has 1 rings (SSSR count). The Morgan fingerprint density at radius 2 is 1.84 bits per heavy atom. The first-order valence-electron chi connectivity index (χ1n) is 6.68. The molecule has 0 aromatic heterocycles. The minimum Gasteiger partial charge on any atom is -0.494 e. The molecule has 0 radical (unpaired) electrons. The number of Topliss-reactive ketones (excluding diaryl/α,β-unsaturated/α-hetero) is 1. The predicted molar refractivity (Wildman–Crippen MR) is 77.7 cm³/mol. The van der Waals surface area contributed by atoms with Crippen LogP contribution in [0.25, 0.3) is 0 Å². The third kappa shape index (κ3) is 4.75. The van der Waals surface area contributed by atoms with Gasteiger partial charge in [-0.15, -0.1) is 11.6 Å². The highest BCUT2D eigenvalue weighted by atomic mass is 35.5.